The second kappa shape index (κ2) is 9.07. The molecule has 1 aliphatic heterocycles. The Balaban J connectivity index is 1.98. The number of alkyl halides is 3. The molecule has 1 fully saturated rings. The van der Waals surface area contributed by atoms with Gasteiger partial charge in [-0.25, -0.2) is 4.79 Å². The van der Waals surface area contributed by atoms with Crippen molar-refractivity contribution in [3.63, 3.8) is 0 Å². The van der Waals surface area contributed by atoms with Crippen molar-refractivity contribution in [2.45, 2.75) is 51.9 Å². The minimum Gasteiger partial charge on any atom is -0.548 e. The highest BCUT2D eigenvalue weighted by molar-refractivity contribution is 5.94. The maximum atomic E-state index is 13.5. The van der Waals surface area contributed by atoms with E-state index in [1.165, 1.54) is 12.3 Å². The lowest BCUT2D eigenvalue weighted by molar-refractivity contribution is -0.306. The summed E-state index contributed by atoms with van der Waals surface area (Å²) < 4.78 is 45.9. The maximum Gasteiger partial charge on any atom is 0.418 e. The number of fused-ring (bicyclic) bond motifs is 1. The first-order valence-corrected chi connectivity index (χ1v) is 10.7. The molecule has 10 heteroatoms. The van der Waals surface area contributed by atoms with Crippen molar-refractivity contribution in [1.82, 2.24) is 9.88 Å². The average Bonchev–Trinajstić information content (AvgIpc) is 2.68. The Labute approximate surface area is 190 Å². The Kier molecular flexibility index (Phi) is 6.76. The first-order valence-electron chi connectivity index (χ1n) is 10.7. The average molecular weight is 466 g/mol. The number of nitrogens with zero attached hydrogens (tertiary/aromatic N) is 3. The number of aromatic nitrogens is 1. The van der Waals surface area contributed by atoms with Crippen molar-refractivity contribution in [3.05, 3.63) is 36.0 Å². The number of hydrogen-bond donors (Lipinski definition) is 0. The normalized spacial score (nSPS) is 19.4. The van der Waals surface area contributed by atoms with Gasteiger partial charge < -0.3 is 19.5 Å². The molecule has 1 aromatic heterocycles. The highest BCUT2D eigenvalue weighted by Gasteiger charge is 2.37. The number of benzene rings is 1. The fourth-order valence-corrected chi connectivity index (χ4v) is 4.21. The van der Waals surface area contributed by atoms with Crippen LogP contribution >= 0.6 is 0 Å². The second-order valence-corrected chi connectivity index (χ2v) is 9.41. The van der Waals surface area contributed by atoms with E-state index in [1.807, 2.05) is 11.8 Å². The van der Waals surface area contributed by atoms with Gasteiger partial charge in [-0.3, -0.25) is 9.88 Å². The number of anilines is 1. The predicted molar refractivity (Wildman–Crippen MR) is 114 cm³/mol. The van der Waals surface area contributed by atoms with Crippen molar-refractivity contribution >= 4 is 28.7 Å². The fraction of sp³-hybridized carbons (Fsp3) is 0.522. The standard InChI is InChI=1S/C23H28F3N3O4/c1-14-10-15(29(13-19(30)31)21(32)33-22(2,3)4)12-28(11-14)18-8-7-17(23(24,25)26)20-16(18)6-5-9-27-20/h5-9,14-15H,10-13H2,1-4H3,(H,30,31)/p-1/t14-,15+/m0/s1. The fourth-order valence-electron chi connectivity index (χ4n) is 4.21. The topological polar surface area (TPSA) is 85.8 Å². The maximum absolute atomic E-state index is 13.5. The molecule has 2 aromatic rings. The van der Waals surface area contributed by atoms with Crippen LogP contribution in [0.2, 0.25) is 0 Å². The van der Waals surface area contributed by atoms with Crippen LogP contribution in [0.5, 0.6) is 0 Å². The monoisotopic (exact) mass is 466 g/mol. The number of halogens is 3. The lowest BCUT2D eigenvalue weighted by atomic mass is 9.93. The van der Waals surface area contributed by atoms with Crippen LogP contribution in [0.4, 0.5) is 23.7 Å². The molecule has 0 radical (unpaired) electrons. The van der Waals surface area contributed by atoms with E-state index in [9.17, 15) is 27.9 Å². The first kappa shape index (κ1) is 24.6. The molecule has 2 atom stereocenters. The van der Waals surface area contributed by atoms with Crippen LogP contribution in [0.15, 0.2) is 30.5 Å². The zero-order valence-corrected chi connectivity index (χ0v) is 19.0. The largest absolute Gasteiger partial charge is 0.548 e. The number of carbonyl (C=O) groups excluding carboxylic acids is 2. The molecule has 1 amide bonds. The van der Waals surface area contributed by atoms with Gasteiger partial charge >= 0.3 is 12.3 Å². The molecule has 1 saturated heterocycles. The minimum absolute atomic E-state index is 0.0319. The van der Waals surface area contributed by atoms with Crippen LogP contribution in [0.3, 0.4) is 0 Å². The van der Waals surface area contributed by atoms with Crippen LogP contribution in [-0.4, -0.2) is 53.2 Å². The number of ether oxygens (including phenoxy) is 1. The molecule has 0 bridgehead atoms. The summed E-state index contributed by atoms with van der Waals surface area (Å²) >= 11 is 0. The Bertz CT molecular complexity index is 1040. The Morgan fingerprint density at radius 3 is 2.52 bits per heavy atom. The smallest absolute Gasteiger partial charge is 0.418 e. The molecule has 180 valence electrons. The Hall–Kier alpha value is -3.04. The molecule has 3 rings (SSSR count). The van der Waals surface area contributed by atoms with E-state index in [4.69, 9.17) is 4.74 Å². The van der Waals surface area contributed by atoms with Gasteiger partial charge in [-0.05, 0) is 57.4 Å². The molecule has 0 N–H and O–H groups in total. The van der Waals surface area contributed by atoms with Crippen LogP contribution < -0.4 is 10.0 Å². The SMILES string of the molecule is C[C@H]1C[C@@H](N(CC(=O)[O-])C(=O)OC(C)(C)C)CN(c2ccc(C(F)(F)F)c3ncccc23)C1. The van der Waals surface area contributed by atoms with Crippen LogP contribution in [-0.2, 0) is 15.7 Å². The lowest BCUT2D eigenvalue weighted by Crippen LogP contribution is -2.56. The van der Waals surface area contributed by atoms with E-state index < -0.39 is 42.0 Å². The number of aliphatic carboxylic acids is 1. The third kappa shape index (κ3) is 5.85. The molecular formula is C23H27F3N3O4-. The van der Waals surface area contributed by atoms with Crippen LogP contribution in [0.25, 0.3) is 10.9 Å². The van der Waals surface area contributed by atoms with E-state index >= 15 is 0 Å². The van der Waals surface area contributed by atoms with E-state index in [0.717, 1.165) is 11.0 Å². The number of carboxylic acid groups (broad SMARTS) is 1. The highest BCUT2D eigenvalue weighted by Crippen LogP contribution is 2.38. The van der Waals surface area contributed by atoms with E-state index in [-0.39, 0.29) is 18.0 Å². The number of rotatable bonds is 4. The Morgan fingerprint density at radius 1 is 1.21 bits per heavy atom. The van der Waals surface area contributed by atoms with E-state index in [2.05, 4.69) is 4.98 Å². The second-order valence-electron chi connectivity index (χ2n) is 9.41. The van der Waals surface area contributed by atoms with Gasteiger partial charge in [0.2, 0.25) is 0 Å². The summed E-state index contributed by atoms with van der Waals surface area (Å²) in [4.78, 5) is 31.1. The third-order valence-corrected chi connectivity index (χ3v) is 5.40. The van der Waals surface area contributed by atoms with Gasteiger partial charge in [-0.1, -0.05) is 6.92 Å². The lowest BCUT2D eigenvalue weighted by Gasteiger charge is -2.43. The highest BCUT2D eigenvalue weighted by atomic mass is 19.4. The van der Waals surface area contributed by atoms with E-state index in [0.29, 0.717) is 24.0 Å². The molecule has 33 heavy (non-hydrogen) atoms. The van der Waals surface area contributed by atoms with Gasteiger partial charge in [0.05, 0.1) is 29.6 Å². The number of pyridine rings is 1. The molecule has 7 nitrogen and oxygen atoms in total. The zero-order valence-electron chi connectivity index (χ0n) is 19.0. The molecule has 2 heterocycles. The molecular weight excluding hydrogens is 439 g/mol. The zero-order chi connectivity index (χ0) is 24.6. The van der Waals surface area contributed by atoms with Crippen molar-refractivity contribution in [2.75, 3.05) is 24.5 Å². The van der Waals surface area contributed by atoms with Gasteiger partial charge in [-0.2, -0.15) is 13.2 Å². The molecule has 0 saturated carbocycles. The number of amides is 1. The molecule has 0 spiro atoms. The predicted octanol–water partition coefficient (Wildman–Crippen LogP) is 3.46. The number of carbonyl (C=O) groups is 2. The summed E-state index contributed by atoms with van der Waals surface area (Å²) in [6.07, 6.45) is -3.50. The third-order valence-electron chi connectivity index (χ3n) is 5.40. The van der Waals surface area contributed by atoms with Crippen LogP contribution in [0, 0.1) is 5.92 Å². The van der Waals surface area contributed by atoms with Gasteiger partial charge in [-0.15, -0.1) is 0 Å². The van der Waals surface area contributed by atoms with Crippen molar-refractivity contribution < 1.29 is 32.6 Å². The van der Waals surface area contributed by atoms with Crippen molar-refractivity contribution in [1.29, 1.82) is 0 Å². The first-order chi connectivity index (χ1) is 15.3. The minimum atomic E-state index is -4.55. The van der Waals surface area contributed by atoms with Gasteiger partial charge in [0, 0.05) is 30.4 Å². The number of piperidine rings is 1. The van der Waals surface area contributed by atoms with Gasteiger partial charge in [0.15, 0.2) is 0 Å². The van der Waals surface area contributed by atoms with Crippen LogP contribution in [0.1, 0.15) is 39.7 Å². The summed E-state index contributed by atoms with van der Waals surface area (Å²) in [5, 5.41) is 11.7. The number of carboxylic acids is 1. The van der Waals surface area contributed by atoms with Gasteiger partial charge in [0.25, 0.3) is 0 Å². The van der Waals surface area contributed by atoms with Gasteiger partial charge in [0.1, 0.15) is 5.60 Å². The molecule has 0 unspecified atom stereocenters. The van der Waals surface area contributed by atoms with Crippen molar-refractivity contribution in [2.24, 2.45) is 5.92 Å². The summed E-state index contributed by atoms with van der Waals surface area (Å²) in [6.45, 7) is 7.09. The number of hydrogen-bond acceptors (Lipinski definition) is 6. The Morgan fingerprint density at radius 2 is 1.91 bits per heavy atom. The molecule has 0 aliphatic carbocycles. The quantitative estimate of drug-likeness (QED) is 0.686. The molecule has 1 aliphatic rings. The van der Waals surface area contributed by atoms with E-state index in [1.54, 1.807) is 32.9 Å². The van der Waals surface area contributed by atoms with Crippen molar-refractivity contribution in [3.8, 4) is 0 Å². The molecule has 1 aromatic carbocycles. The summed E-state index contributed by atoms with van der Waals surface area (Å²) in [5.74, 6) is -1.39. The summed E-state index contributed by atoms with van der Waals surface area (Å²) in [5.41, 5.74) is -1.26. The summed E-state index contributed by atoms with van der Waals surface area (Å²) in [7, 11) is 0. The summed E-state index contributed by atoms with van der Waals surface area (Å²) in [6, 6.07) is 5.02.